The van der Waals surface area contributed by atoms with Gasteiger partial charge in [-0.1, -0.05) is 18.2 Å². The molecule has 1 aliphatic rings. The highest BCUT2D eigenvalue weighted by molar-refractivity contribution is 7.99. The zero-order valence-corrected chi connectivity index (χ0v) is 11.3. The number of esters is 1. The van der Waals surface area contributed by atoms with Crippen LogP contribution in [0.15, 0.2) is 24.3 Å². The maximum atomic E-state index is 11.6. The van der Waals surface area contributed by atoms with Gasteiger partial charge in [0.05, 0.1) is 19.1 Å². The normalized spacial score (nSPS) is 22.8. The van der Waals surface area contributed by atoms with Crippen LogP contribution < -0.4 is 10.1 Å². The summed E-state index contributed by atoms with van der Waals surface area (Å²) in [7, 11) is 1.65. The highest BCUT2D eigenvalue weighted by atomic mass is 32.2. The Kier molecular flexibility index (Phi) is 4.49. The van der Waals surface area contributed by atoms with Crippen LogP contribution in [-0.2, 0) is 9.53 Å². The molecule has 2 atom stereocenters. The number of hydrogen-bond donors (Lipinski definition) is 1. The zero-order valence-electron chi connectivity index (χ0n) is 10.5. The van der Waals surface area contributed by atoms with Crippen molar-refractivity contribution < 1.29 is 14.3 Å². The molecule has 1 saturated heterocycles. The lowest BCUT2D eigenvalue weighted by Crippen LogP contribution is -2.35. The molecule has 1 aromatic carbocycles. The van der Waals surface area contributed by atoms with E-state index in [0.29, 0.717) is 6.61 Å². The number of rotatable bonds is 4. The Hall–Kier alpha value is -1.20. The van der Waals surface area contributed by atoms with Crippen molar-refractivity contribution in [3.05, 3.63) is 29.8 Å². The van der Waals surface area contributed by atoms with E-state index < -0.39 is 0 Å². The molecule has 0 saturated carbocycles. The van der Waals surface area contributed by atoms with Gasteiger partial charge in [-0.05, 0) is 13.0 Å². The van der Waals surface area contributed by atoms with E-state index in [4.69, 9.17) is 9.47 Å². The summed E-state index contributed by atoms with van der Waals surface area (Å²) in [6, 6.07) is 7.61. The first-order chi connectivity index (χ1) is 8.76. The summed E-state index contributed by atoms with van der Waals surface area (Å²) in [5, 5.41) is 3.35. The third kappa shape index (κ3) is 2.79. The fraction of sp³-hybridized carbons (Fsp3) is 0.462. The summed E-state index contributed by atoms with van der Waals surface area (Å²) >= 11 is 1.70. The minimum atomic E-state index is -0.232. The fourth-order valence-electron chi connectivity index (χ4n) is 1.91. The number of methoxy groups -OCH3 is 1. The van der Waals surface area contributed by atoms with Crippen LogP contribution in [0.2, 0.25) is 0 Å². The lowest BCUT2D eigenvalue weighted by Gasteiger charge is -2.15. The molecule has 5 heteroatoms. The standard InChI is InChI=1S/C13H17NO3S/c1-3-17-13(15)10-8-18-12(14-10)9-6-4-5-7-11(9)16-2/h4-7,10,12,14H,3,8H2,1-2H3/t10-,12-/m1/s1. The molecule has 0 unspecified atom stereocenters. The molecule has 1 aromatic rings. The van der Waals surface area contributed by atoms with Crippen LogP contribution in [0.3, 0.4) is 0 Å². The van der Waals surface area contributed by atoms with Crippen molar-refractivity contribution in [2.45, 2.75) is 18.3 Å². The third-order valence-electron chi connectivity index (χ3n) is 2.77. The van der Waals surface area contributed by atoms with E-state index in [-0.39, 0.29) is 17.4 Å². The largest absolute Gasteiger partial charge is 0.496 e. The minimum absolute atomic E-state index is 0.0792. The van der Waals surface area contributed by atoms with Crippen LogP contribution in [0, 0.1) is 0 Å². The van der Waals surface area contributed by atoms with Gasteiger partial charge in [0.2, 0.25) is 0 Å². The van der Waals surface area contributed by atoms with E-state index in [0.717, 1.165) is 17.1 Å². The van der Waals surface area contributed by atoms with Gasteiger partial charge in [0.15, 0.2) is 0 Å². The van der Waals surface area contributed by atoms with E-state index in [9.17, 15) is 4.79 Å². The van der Waals surface area contributed by atoms with Crippen LogP contribution >= 0.6 is 11.8 Å². The molecule has 1 N–H and O–H groups in total. The van der Waals surface area contributed by atoms with Crippen molar-refractivity contribution in [3.8, 4) is 5.75 Å². The number of benzene rings is 1. The third-order valence-corrected chi connectivity index (χ3v) is 4.02. The van der Waals surface area contributed by atoms with E-state index >= 15 is 0 Å². The lowest BCUT2D eigenvalue weighted by atomic mass is 10.2. The molecule has 2 rings (SSSR count). The summed E-state index contributed by atoms with van der Waals surface area (Å²) < 4.78 is 10.4. The average molecular weight is 267 g/mol. The van der Waals surface area contributed by atoms with Crippen molar-refractivity contribution in [1.29, 1.82) is 0 Å². The van der Waals surface area contributed by atoms with E-state index in [1.54, 1.807) is 18.9 Å². The van der Waals surface area contributed by atoms with E-state index in [1.165, 1.54) is 0 Å². The van der Waals surface area contributed by atoms with E-state index in [2.05, 4.69) is 5.32 Å². The summed E-state index contributed by atoms with van der Waals surface area (Å²) in [5.74, 6) is 1.39. The Labute approximate surface area is 111 Å². The van der Waals surface area contributed by atoms with Crippen LogP contribution in [0.25, 0.3) is 0 Å². The van der Waals surface area contributed by atoms with Crippen molar-refractivity contribution in [1.82, 2.24) is 5.32 Å². The molecule has 0 aromatic heterocycles. The molecule has 0 radical (unpaired) electrons. The van der Waals surface area contributed by atoms with E-state index in [1.807, 2.05) is 31.2 Å². The highest BCUT2D eigenvalue weighted by Crippen LogP contribution is 2.37. The van der Waals surface area contributed by atoms with Crippen molar-refractivity contribution in [2.24, 2.45) is 0 Å². The Morgan fingerprint density at radius 1 is 1.50 bits per heavy atom. The van der Waals surface area contributed by atoms with Crippen LogP contribution in [0.4, 0.5) is 0 Å². The SMILES string of the molecule is CCOC(=O)[C@H]1CS[C@H](c2ccccc2OC)N1. The highest BCUT2D eigenvalue weighted by Gasteiger charge is 2.32. The van der Waals surface area contributed by atoms with Gasteiger partial charge in [-0.3, -0.25) is 10.1 Å². The number of thioether (sulfide) groups is 1. The molecule has 0 spiro atoms. The van der Waals surface area contributed by atoms with Crippen LogP contribution in [0.1, 0.15) is 17.9 Å². The van der Waals surface area contributed by atoms with Crippen molar-refractivity contribution >= 4 is 17.7 Å². The molecule has 18 heavy (non-hydrogen) atoms. The smallest absolute Gasteiger partial charge is 0.324 e. The predicted molar refractivity (Wildman–Crippen MR) is 71.7 cm³/mol. The molecule has 4 nitrogen and oxygen atoms in total. The zero-order chi connectivity index (χ0) is 13.0. The van der Waals surface area contributed by atoms with Gasteiger partial charge in [0, 0.05) is 11.3 Å². The first kappa shape index (κ1) is 13.2. The molecular weight excluding hydrogens is 250 g/mol. The quantitative estimate of drug-likeness (QED) is 0.845. The van der Waals surface area contributed by atoms with Crippen LogP contribution in [0.5, 0.6) is 5.75 Å². The summed E-state index contributed by atoms with van der Waals surface area (Å²) in [6.07, 6.45) is 0. The molecular formula is C13H17NO3S. The topological polar surface area (TPSA) is 47.6 Å². The second-order valence-corrected chi connectivity index (χ2v) is 5.06. The lowest BCUT2D eigenvalue weighted by molar-refractivity contribution is -0.144. The second-order valence-electron chi connectivity index (χ2n) is 3.93. The number of carbonyl (C=O) groups is 1. The fourth-order valence-corrected chi connectivity index (χ4v) is 3.16. The Balaban J connectivity index is 2.06. The Morgan fingerprint density at radius 3 is 3.00 bits per heavy atom. The maximum absolute atomic E-state index is 11.6. The maximum Gasteiger partial charge on any atom is 0.324 e. The first-order valence-electron chi connectivity index (χ1n) is 5.93. The number of nitrogens with one attached hydrogen (secondary N) is 1. The van der Waals surface area contributed by atoms with Gasteiger partial charge in [0.25, 0.3) is 0 Å². The Morgan fingerprint density at radius 2 is 2.28 bits per heavy atom. The predicted octanol–water partition coefficient (Wildman–Crippen LogP) is 1.96. The second kappa shape index (κ2) is 6.11. The number of ether oxygens (including phenoxy) is 2. The van der Waals surface area contributed by atoms with Gasteiger partial charge in [0.1, 0.15) is 11.8 Å². The summed E-state index contributed by atoms with van der Waals surface area (Å²) in [5.41, 5.74) is 1.07. The molecule has 1 aliphatic heterocycles. The minimum Gasteiger partial charge on any atom is -0.496 e. The monoisotopic (exact) mass is 267 g/mol. The first-order valence-corrected chi connectivity index (χ1v) is 6.98. The van der Waals surface area contributed by atoms with Crippen molar-refractivity contribution in [2.75, 3.05) is 19.5 Å². The van der Waals surface area contributed by atoms with Gasteiger partial charge in [-0.2, -0.15) is 0 Å². The van der Waals surface area contributed by atoms with Gasteiger partial charge >= 0.3 is 5.97 Å². The van der Waals surface area contributed by atoms with Crippen LogP contribution in [-0.4, -0.2) is 31.5 Å². The number of para-hydroxylation sites is 1. The molecule has 0 aliphatic carbocycles. The molecule has 0 bridgehead atoms. The molecule has 1 heterocycles. The average Bonchev–Trinajstić information content (AvgIpc) is 2.88. The number of hydrogen-bond acceptors (Lipinski definition) is 5. The Bertz CT molecular complexity index is 424. The molecule has 1 fully saturated rings. The summed E-state index contributed by atoms with van der Waals surface area (Å²) in [6.45, 7) is 2.23. The molecule has 98 valence electrons. The van der Waals surface area contributed by atoms with Gasteiger partial charge < -0.3 is 9.47 Å². The van der Waals surface area contributed by atoms with Crippen molar-refractivity contribution in [3.63, 3.8) is 0 Å². The van der Waals surface area contributed by atoms with Gasteiger partial charge in [-0.25, -0.2) is 0 Å². The van der Waals surface area contributed by atoms with Gasteiger partial charge in [-0.15, -0.1) is 11.8 Å². The number of carbonyl (C=O) groups excluding carboxylic acids is 1. The summed E-state index contributed by atoms with van der Waals surface area (Å²) in [4.78, 5) is 11.6. The molecule has 0 amide bonds.